The van der Waals surface area contributed by atoms with Crippen molar-refractivity contribution in [2.45, 2.75) is 19.3 Å². The molecule has 0 radical (unpaired) electrons. The molecule has 2 nitrogen and oxygen atoms in total. The first-order valence-electron chi connectivity index (χ1n) is 5.47. The minimum Gasteiger partial charge on any atom is -0.327 e. The summed E-state index contributed by atoms with van der Waals surface area (Å²) in [7, 11) is 0. The summed E-state index contributed by atoms with van der Waals surface area (Å²) in [4.78, 5) is 2.57. The van der Waals surface area contributed by atoms with Crippen molar-refractivity contribution in [1.29, 1.82) is 0 Å². The van der Waals surface area contributed by atoms with Gasteiger partial charge in [-0.2, -0.15) is 0 Å². The lowest BCUT2D eigenvalue weighted by Gasteiger charge is -2.13. The molecule has 2 heteroatoms. The predicted molar refractivity (Wildman–Crippen MR) is 55.5 cm³/mol. The molecule has 2 fully saturated rings. The SMILES string of the molecule is NC/C=C/CN1CC2CCCC2C1. The van der Waals surface area contributed by atoms with Gasteiger partial charge < -0.3 is 5.73 Å². The van der Waals surface area contributed by atoms with Crippen LogP contribution in [0.25, 0.3) is 0 Å². The fraction of sp³-hybridized carbons (Fsp3) is 0.818. The molecule has 2 N–H and O–H groups in total. The molecule has 0 bridgehead atoms. The Hall–Kier alpha value is -0.340. The molecule has 1 saturated carbocycles. The maximum Gasteiger partial charge on any atom is 0.0163 e. The third kappa shape index (κ3) is 2.12. The fourth-order valence-electron chi connectivity index (χ4n) is 2.80. The Morgan fingerprint density at radius 3 is 2.46 bits per heavy atom. The molecule has 1 saturated heterocycles. The summed E-state index contributed by atoms with van der Waals surface area (Å²) in [6.45, 7) is 4.46. The number of nitrogens with two attached hydrogens (primary N) is 1. The molecule has 2 aliphatic rings. The van der Waals surface area contributed by atoms with Crippen molar-refractivity contribution in [2.75, 3.05) is 26.2 Å². The van der Waals surface area contributed by atoms with Gasteiger partial charge in [0.15, 0.2) is 0 Å². The van der Waals surface area contributed by atoms with E-state index in [1.807, 2.05) is 0 Å². The van der Waals surface area contributed by atoms with Gasteiger partial charge in [-0.3, -0.25) is 4.90 Å². The standard InChI is InChI=1S/C11H20N2/c12-6-1-2-7-13-8-10-4-3-5-11(10)9-13/h1-2,10-11H,3-9,12H2/b2-1+. The summed E-state index contributed by atoms with van der Waals surface area (Å²) in [5.74, 6) is 2.04. The van der Waals surface area contributed by atoms with Crippen molar-refractivity contribution in [1.82, 2.24) is 4.90 Å². The quantitative estimate of drug-likeness (QED) is 0.662. The third-order valence-corrected chi connectivity index (χ3v) is 3.47. The predicted octanol–water partition coefficient (Wildman–Crippen LogP) is 1.23. The number of rotatable bonds is 3. The Kier molecular flexibility index (Phi) is 3.01. The van der Waals surface area contributed by atoms with Crippen LogP contribution in [0, 0.1) is 11.8 Å². The Balaban J connectivity index is 1.75. The van der Waals surface area contributed by atoms with Crippen LogP contribution in [0.2, 0.25) is 0 Å². The maximum atomic E-state index is 5.40. The largest absolute Gasteiger partial charge is 0.327 e. The van der Waals surface area contributed by atoms with Crippen LogP contribution < -0.4 is 5.73 Å². The second-order valence-corrected chi connectivity index (χ2v) is 4.38. The summed E-state index contributed by atoms with van der Waals surface area (Å²) in [5.41, 5.74) is 5.40. The first-order chi connectivity index (χ1) is 6.40. The van der Waals surface area contributed by atoms with Gasteiger partial charge in [0, 0.05) is 26.2 Å². The van der Waals surface area contributed by atoms with Gasteiger partial charge >= 0.3 is 0 Å². The normalized spacial score (nSPS) is 34.5. The zero-order valence-corrected chi connectivity index (χ0v) is 8.28. The minimum absolute atomic E-state index is 0.681. The van der Waals surface area contributed by atoms with E-state index in [0.717, 1.165) is 18.4 Å². The van der Waals surface area contributed by atoms with Crippen LogP contribution in [-0.4, -0.2) is 31.1 Å². The molecule has 1 aliphatic heterocycles. The topological polar surface area (TPSA) is 29.3 Å². The number of likely N-dealkylation sites (tertiary alicyclic amines) is 1. The van der Waals surface area contributed by atoms with Gasteiger partial charge in [0.1, 0.15) is 0 Å². The first kappa shape index (κ1) is 9.22. The van der Waals surface area contributed by atoms with E-state index in [0.29, 0.717) is 6.54 Å². The summed E-state index contributed by atoms with van der Waals surface area (Å²) >= 11 is 0. The lowest BCUT2D eigenvalue weighted by atomic mass is 10.0. The summed E-state index contributed by atoms with van der Waals surface area (Å²) in [5, 5.41) is 0. The highest BCUT2D eigenvalue weighted by Gasteiger charge is 2.35. The highest BCUT2D eigenvalue weighted by molar-refractivity contribution is 4.93. The van der Waals surface area contributed by atoms with Gasteiger partial charge in [0.05, 0.1) is 0 Å². The van der Waals surface area contributed by atoms with Crippen LogP contribution >= 0.6 is 0 Å². The van der Waals surface area contributed by atoms with Crippen LogP contribution in [0.15, 0.2) is 12.2 Å². The van der Waals surface area contributed by atoms with Crippen molar-refractivity contribution in [2.24, 2.45) is 17.6 Å². The van der Waals surface area contributed by atoms with Crippen LogP contribution in [0.4, 0.5) is 0 Å². The van der Waals surface area contributed by atoms with E-state index in [2.05, 4.69) is 17.1 Å². The highest BCUT2D eigenvalue weighted by Crippen LogP contribution is 2.37. The van der Waals surface area contributed by atoms with Crippen molar-refractivity contribution >= 4 is 0 Å². The van der Waals surface area contributed by atoms with Crippen LogP contribution in [0.5, 0.6) is 0 Å². The smallest absolute Gasteiger partial charge is 0.0163 e. The molecule has 2 rings (SSSR count). The van der Waals surface area contributed by atoms with Gasteiger partial charge in [-0.05, 0) is 24.7 Å². The average molecular weight is 180 g/mol. The van der Waals surface area contributed by atoms with E-state index in [9.17, 15) is 0 Å². The molecule has 2 atom stereocenters. The first-order valence-corrected chi connectivity index (χ1v) is 5.47. The molecule has 0 amide bonds. The Morgan fingerprint density at radius 2 is 1.85 bits per heavy atom. The molecular weight excluding hydrogens is 160 g/mol. The second kappa shape index (κ2) is 4.25. The molecule has 0 aromatic heterocycles. The molecule has 1 aliphatic carbocycles. The Labute approximate surface area is 80.8 Å². The monoisotopic (exact) mass is 180 g/mol. The lowest BCUT2D eigenvalue weighted by Crippen LogP contribution is -2.21. The van der Waals surface area contributed by atoms with Crippen molar-refractivity contribution < 1.29 is 0 Å². The Bertz CT molecular complexity index is 177. The van der Waals surface area contributed by atoms with Gasteiger partial charge in [-0.1, -0.05) is 18.6 Å². The molecule has 74 valence electrons. The second-order valence-electron chi connectivity index (χ2n) is 4.38. The lowest BCUT2D eigenvalue weighted by molar-refractivity contribution is 0.344. The molecule has 13 heavy (non-hydrogen) atoms. The minimum atomic E-state index is 0.681. The van der Waals surface area contributed by atoms with Crippen LogP contribution in [-0.2, 0) is 0 Å². The molecule has 0 aromatic rings. The third-order valence-electron chi connectivity index (χ3n) is 3.47. The van der Waals surface area contributed by atoms with Gasteiger partial charge in [0.2, 0.25) is 0 Å². The van der Waals surface area contributed by atoms with Crippen molar-refractivity contribution in [3.63, 3.8) is 0 Å². The van der Waals surface area contributed by atoms with E-state index < -0.39 is 0 Å². The zero-order valence-electron chi connectivity index (χ0n) is 8.28. The molecule has 0 spiro atoms. The molecule has 2 unspecified atom stereocenters. The Morgan fingerprint density at radius 1 is 1.15 bits per heavy atom. The molecule has 0 aromatic carbocycles. The van der Waals surface area contributed by atoms with E-state index in [4.69, 9.17) is 5.73 Å². The summed E-state index contributed by atoms with van der Waals surface area (Å²) in [6.07, 6.45) is 8.69. The van der Waals surface area contributed by atoms with E-state index in [-0.39, 0.29) is 0 Å². The van der Waals surface area contributed by atoms with Crippen molar-refractivity contribution in [3.05, 3.63) is 12.2 Å². The van der Waals surface area contributed by atoms with Crippen LogP contribution in [0.3, 0.4) is 0 Å². The molecule has 1 heterocycles. The number of hydrogen-bond acceptors (Lipinski definition) is 2. The van der Waals surface area contributed by atoms with Gasteiger partial charge in [-0.25, -0.2) is 0 Å². The number of fused-ring (bicyclic) bond motifs is 1. The summed E-state index contributed by atoms with van der Waals surface area (Å²) in [6, 6.07) is 0. The summed E-state index contributed by atoms with van der Waals surface area (Å²) < 4.78 is 0. The fourth-order valence-corrected chi connectivity index (χ4v) is 2.80. The van der Waals surface area contributed by atoms with E-state index in [1.54, 1.807) is 0 Å². The average Bonchev–Trinajstić information content (AvgIpc) is 2.64. The number of hydrogen-bond donors (Lipinski definition) is 1. The van der Waals surface area contributed by atoms with E-state index in [1.165, 1.54) is 32.4 Å². The maximum absolute atomic E-state index is 5.40. The van der Waals surface area contributed by atoms with Gasteiger partial charge in [-0.15, -0.1) is 0 Å². The molecular formula is C11H20N2. The van der Waals surface area contributed by atoms with Crippen molar-refractivity contribution in [3.8, 4) is 0 Å². The number of nitrogens with zero attached hydrogens (tertiary/aromatic N) is 1. The highest BCUT2D eigenvalue weighted by atomic mass is 15.1. The van der Waals surface area contributed by atoms with Crippen LogP contribution in [0.1, 0.15) is 19.3 Å². The van der Waals surface area contributed by atoms with Gasteiger partial charge in [0.25, 0.3) is 0 Å². The van der Waals surface area contributed by atoms with E-state index >= 15 is 0 Å². The zero-order chi connectivity index (χ0) is 9.10.